The first kappa shape index (κ1) is 14.2. The van der Waals surface area contributed by atoms with Gasteiger partial charge >= 0.3 is 0 Å². The average molecular weight is 265 g/mol. The maximum Gasteiger partial charge on any atom is 0.133 e. The van der Waals surface area contributed by atoms with E-state index in [4.69, 9.17) is 4.74 Å². The summed E-state index contributed by atoms with van der Waals surface area (Å²) in [5.74, 6) is 0.956. The van der Waals surface area contributed by atoms with E-state index in [1.54, 1.807) is 6.20 Å². The van der Waals surface area contributed by atoms with Gasteiger partial charge in [-0.3, -0.25) is 0 Å². The van der Waals surface area contributed by atoms with E-state index in [0.717, 1.165) is 24.5 Å². The van der Waals surface area contributed by atoms with Crippen LogP contribution >= 0.6 is 0 Å². The third kappa shape index (κ3) is 3.65. The van der Waals surface area contributed by atoms with E-state index >= 15 is 0 Å². The maximum atomic E-state index is 9.47. The molecule has 1 saturated heterocycles. The Morgan fingerprint density at radius 3 is 3.16 bits per heavy atom. The molecule has 0 aliphatic carbocycles. The molecule has 0 radical (unpaired) electrons. The molecular formula is C14H23N3O2. The van der Waals surface area contributed by atoms with Gasteiger partial charge in [0.15, 0.2) is 0 Å². The summed E-state index contributed by atoms with van der Waals surface area (Å²) < 4.78 is 5.42. The van der Waals surface area contributed by atoms with E-state index < -0.39 is 0 Å². The minimum Gasteiger partial charge on any atom is -0.394 e. The quantitative estimate of drug-likeness (QED) is 0.824. The number of hydrogen-bond acceptors (Lipinski definition) is 5. The standard InChI is InChI=1S/C14H23N3O2/c1-11(2)16-8-12-4-3-5-15-14(12)17-6-7-19-10-13(17)9-18/h3-5,11,13,16,18H,6-10H2,1-2H3. The summed E-state index contributed by atoms with van der Waals surface area (Å²) in [7, 11) is 0. The molecule has 2 heterocycles. The predicted octanol–water partition coefficient (Wildman–Crippen LogP) is 0.777. The first-order valence-corrected chi connectivity index (χ1v) is 6.85. The number of nitrogens with one attached hydrogen (secondary N) is 1. The maximum absolute atomic E-state index is 9.47. The van der Waals surface area contributed by atoms with Crippen LogP contribution in [0.2, 0.25) is 0 Å². The Balaban J connectivity index is 2.17. The third-order valence-corrected chi connectivity index (χ3v) is 3.28. The smallest absolute Gasteiger partial charge is 0.133 e. The molecule has 0 amide bonds. The van der Waals surface area contributed by atoms with Gasteiger partial charge in [-0.05, 0) is 6.07 Å². The molecule has 0 spiro atoms. The summed E-state index contributed by atoms with van der Waals surface area (Å²) in [6, 6.07) is 4.48. The van der Waals surface area contributed by atoms with Crippen molar-refractivity contribution in [3.8, 4) is 0 Å². The lowest BCUT2D eigenvalue weighted by atomic mass is 10.1. The highest BCUT2D eigenvalue weighted by Crippen LogP contribution is 2.21. The molecule has 19 heavy (non-hydrogen) atoms. The molecule has 1 aromatic heterocycles. The molecule has 5 nitrogen and oxygen atoms in total. The van der Waals surface area contributed by atoms with Gasteiger partial charge < -0.3 is 20.1 Å². The number of aromatic nitrogens is 1. The van der Waals surface area contributed by atoms with Crippen molar-refractivity contribution < 1.29 is 9.84 Å². The molecule has 1 atom stereocenters. The van der Waals surface area contributed by atoms with Crippen LogP contribution in [0.15, 0.2) is 18.3 Å². The molecule has 106 valence electrons. The van der Waals surface area contributed by atoms with Crippen molar-refractivity contribution in [2.75, 3.05) is 31.3 Å². The van der Waals surface area contributed by atoms with Gasteiger partial charge in [-0.15, -0.1) is 0 Å². The molecule has 0 saturated carbocycles. The molecule has 1 unspecified atom stereocenters. The number of rotatable bonds is 5. The molecule has 1 aromatic rings. The fourth-order valence-electron chi connectivity index (χ4n) is 2.23. The molecule has 1 aliphatic rings. The number of nitrogens with zero attached hydrogens (tertiary/aromatic N) is 2. The molecule has 2 N–H and O–H groups in total. The van der Waals surface area contributed by atoms with E-state index in [2.05, 4.69) is 35.1 Å². The number of pyridine rings is 1. The van der Waals surface area contributed by atoms with Crippen LogP contribution in [-0.2, 0) is 11.3 Å². The third-order valence-electron chi connectivity index (χ3n) is 3.28. The number of anilines is 1. The van der Waals surface area contributed by atoms with Gasteiger partial charge in [0.2, 0.25) is 0 Å². The summed E-state index contributed by atoms with van der Waals surface area (Å²) in [5.41, 5.74) is 1.16. The minimum atomic E-state index is 0.00134. The molecule has 0 aromatic carbocycles. The average Bonchev–Trinajstić information content (AvgIpc) is 2.45. The SMILES string of the molecule is CC(C)NCc1cccnc1N1CCOCC1CO. The topological polar surface area (TPSA) is 57.6 Å². The highest BCUT2D eigenvalue weighted by atomic mass is 16.5. The van der Waals surface area contributed by atoms with Crippen molar-refractivity contribution >= 4 is 5.82 Å². The van der Waals surface area contributed by atoms with Crippen molar-refractivity contribution in [3.05, 3.63) is 23.9 Å². The summed E-state index contributed by atoms with van der Waals surface area (Å²) in [6.45, 7) is 7.15. The lowest BCUT2D eigenvalue weighted by molar-refractivity contribution is 0.0722. The van der Waals surface area contributed by atoms with Gasteiger partial charge in [-0.25, -0.2) is 4.98 Å². The summed E-state index contributed by atoms with van der Waals surface area (Å²) in [4.78, 5) is 6.65. The van der Waals surface area contributed by atoms with Gasteiger partial charge in [0, 0.05) is 30.9 Å². The first-order chi connectivity index (χ1) is 9.22. The van der Waals surface area contributed by atoms with Crippen molar-refractivity contribution in [3.63, 3.8) is 0 Å². The Morgan fingerprint density at radius 1 is 1.58 bits per heavy atom. The summed E-state index contributed by atoms with van der Waals surface area (Å²) in [5, 5.41) is 12.9. The highest BCUT2D eigenvalue weighted by Gasteiger charge is 2.25. The van der Waals surface area contributed by atoms with Crippen molar-refractivity contribution in [2.24, 2.45) is 0 Å². The summed E-state index contributed by atoms with van der Waals surface area (Å²) >= 11 is 0. The minimum absolute atomic E-state index is 0.00134. The number of aliphatic hydroxyl groups is 1. The fourth-order valence-corrected chi connectivity index (χ4v) is 2.23. The predicted molar refractivity (Wildman–Crippen MR) is 75.3 cm³/mol. The van der Waals surface area contributed by atoms with Gasteiger partial charge in [-0.1, -0.05) is 19.9 Å². The zero-order valence-corrected chi connectivity index (χ0v) is 11.7. The summed E-state index contributed by atoms with van der Waals surface area (Å²) in [6.07, 6.45) is 1.80. The van der Waals surface area contributed by atoms with E-state index in [1.165, 1.54) is 0 Å². The van der Waals surface area contributed by atoms with Crippen LogP contribution in [0.5, 0.6) is 0 Å². The van der Waals surface area contributed by atoms with Gasteiger partial charge in [-0.2, -0.15) is 0 Å². The molecular weight excluding hydrogens is 242 g/mol. The Labute approximate surface area is 114 Å². The van der Waals surface area contributed by atoms with Gasteiger partial charge in [0.1, 0.15) is 5.82 Å². The van der Waals surface area contributed by atoms with Crippen LogP contribution in [0.3, 0.4) is 0 Å². The van der Waals surface area contributed by atoms with Crippen LogP contribution < -0.4 is 10.2 Å². The lowest BCUT2D eigenvalue weighted by Gasteiger charge is -2.36. The zero-order chi connectivity index (χ0) is 13.7. The molecule has 5 heteroatoms. The van der Waals surface area contributed by atoms with Crippen LogP contribution in [0, 0.1) is 0 Å². The number of ether oxygens (including phenoxy) is 1. The second kappa shape index (κ2) is 6.84. The van der Waals surface area contributed by atoms with Gasteiger partial charge in [0.05, 0.1) is 25.9 Å². The monoisotopic (exact) mass is 265 g/mol. The molecule has 1 fully saturated rings. The Bertz CT molecular complexity index is 398. The largest absolute Gasteiger partial charge is 0.394 e. The van der Waals surface area contributed by atoms with E-state index in [-0.39, 0.29) is 12.6 Å². The highest BCUT2D eigenvalue weighted by molar-refractivity contribution is 5.48. The molecule has 0 bridgehead atoms. The van der Waals surface area contributed by atoms with E-state index in [9.17, 15) is 5.11 Å². The molecule has 2 rings (SSSR count). The number of aliphatic hydroxyl groups excluding tert-OH is 1. The second-order valence-corrected chi connectivity index (χ2v) is 5.13. The van der Waals surface area contributed by atoms with Gasteiger partial charge in [0.25, 0.3) is 0 Å². The Morgan fingerprint density at radius 2 is 2.42 bits per heavy atom. The van der Waals surface area contributed by atoms with Crippen molar-refractivity contribution in [1.82, 2.24) is 10.3 Å². The number of hydrogen-bond donors (Lipinski definition) is 2. The second-order valence-electron chi connectivity index (χ2n) is 5.13. The van der Waals surface area contributed by atoms with Crippen LogP contribution in [0.1, 0.15) is 19.4 Å². The Hall–Kier alpha value is -1.17. The fraction of sp³-hybridized carbons (Fsp3) is 0.643. The zero-order valence-electron chi connectivity index (χ0n) is 11.7. The first-order valence-electron chi connectivity index (χ1n) is 6.85. The Kier molecular flexibility index (Phi) is 5.13. The lowest BCUT2D eigenvalue weighted by Crippen LogP contribution is -2.48. The normalized spacial score (nSPS) is 20.0. The number of morpholine rings is 1. The van der Waals surface area contributed by atoms with Crippen LogP contribution in [-0.4, -0.2) is 48.5 Å². The van der Waals surface area contributed by atoms with Crippen molar-refractivity contribution in [1.29, 1.82) is 0 Å². The van der Waals surface area contributed by atoms with E-state index in [0.29, 0.717) is 19.3 Å². The molecule has 1 aliphatic heterocycles. The van der Waals surface area contributed by atoms with Crippen LogP contribution in [0.4, 0.5) is 5.82 Å². The van der Waals surface area contributed by atoms with E-state index in [1.807, 2.05) is 6.07 Å². The van der Waals surface area contributed by atoms with Crippen LogP contribution in [0.25, 0.3) is 0 Å². The van der Waals surface area contributed by atoms with Crippen molar-refractivity contribution in [2.45, 2.75) is 32.5 Å².